The number of para-hydroxylation sites is 1. The van der Waals surface area contributed by atoms with E-state index in [0.717, 1.165) is 10.2 Å². The Labute approximate surface area is 152 Å². The van der Waals surface area contributed by atoms with E-state index in [0.29, 0.717) is 27.1 Å². The van der Waals surface area contributed by atoms with Crippen LogP contribution in [0.2, 0.25) is 10.0 Å². The number of hydrogen-bond acceptors (Lipinski definition) is 3. The average Bonchev–Trinajstić information content (AvgIpc) is 2.92. The summed E-state index contributed by atoms with van der Waals surface area (Å²) in [5, 5.41) is 1.27. The number of carbonyl (C=O) groups is 1. The lowest BCUT2D eigenvalue weighted by atomic mass is 10.3. The van der Waals surface area contributed by atoms with Gasteiger partial charge in [0.05, 0.1) is 15.2 Å². The fraction of sp³-hybridized carbons (Fsp3) is 0.176. The molecule has 0 N–H and O–H groups in total. The summed E-state index contributed by atoms with van der Waals surface area (Å²) in [6, 6.07) is 12.5. The van der Waals surface area contributed by atoms with Gasteiger partial charge in [-0.3, -0.25) is 4.79 Å². The Kier molecular flexibility index (Phi) is 5.23. The van der Waals surface area contributed by atoms with Gasteiger partial charge in [0.25, 0.3) is 5.91 Å². The lowest BCUT2D eigenvalue weighted by Crippen LogP contribution is -2.18. The first-order valence-electron chi connectivity index (χ1n) is 7.32. The molecule has 3 rings (SSSR count). The maximum atomic E-state index is 12.1. The molecule has 3 aromatic rings. The van der Waals surface area contributed by atoms with Crippen LogP contribution in [0, 0.1) is 0 Å². The predicted molar refractivity (Wildman–Crippen MR) is 98.0 cm³/mol. The van der Waals surface area contributed by atoms with Crippen LogP contribution in [0.3, 0.4) is 0 Å². The maximum Gasteiger partial charge on any atom is 0.286 e. The van der Waals surface area contributed by atoms with E-state index in [1.165, 1.54) is 11.3 Å². The SMILES string of the molecule is CCn1c(=NC(=O)COc2ccc(Cl)cc2)sc2cccc(Cl)c21. The molecule has 0 aliphatic heterocycles. The third kappa shape index (κ3) is 3.64. The van der Waals surface area contributed by atoms with Gasteiger partial charge in [-0.2, -0.15) is 4.99 Å². The van der Waals surface area contributed by atoms with Crippen LogP contribution in [-0.4, -0.2) is 17.1 Å². The van der Waals surface area contributed by atoms with E-state index in [2.05, 4.69) is 4.99 Å². The number of ether oxygens (including phenoxy) is 1. The van der Waals surface area contributed by atoms with E-state index in [4.69, 9.17) is 27.9 Å². The highest BCUT2D eigenvalue weighted by molar-refractivity contribution is 7.16. The Morgan fingerprint density at radius 3 is 2.67 bits per heavy atom. The molecule has 124 valence electrons. The van der Waals surface area contributed by atoms with Gasteiger partial charge < -0.3 is 9.30 Å². The van der Waals surface area contributed by atoms with Gasteiger partial charge in [0.2, 0.25) is 0 Å². The van der Waals surface area contributed by atoms with Crippen LogP contribution in [0.15, 0.2) is 47.5 Å². The number of aromatic nitrogens is 1. The zero-order chi connectivity index (χ0) is 17.1. The molecule has 7 heteroatoms. The molecular weight excluding hydrogens is 367 g/mol. The van der Waals surface area contributed by atoms with Crippen molar-refractivity contribution in [2.75, 3.05) is 6.61 Å². The highest BCUT2D eigenvalue weighted by Gasteiger charge is 2.10. The Morgan fingerprint density at radius 2 is 1.96 bits per heavy atom. The molecule has 0 fully saturated rings. The van der Waals surface area contributed by atoms with Crippen LogP contribution in [0.1, 0.15) is 6.92 Å². The quantitative estimate of drug-likeness (QED) is 0.666. The molecule has 0 radical (unpaired) electrons. The highest BCUT2D eigenvalue weighted by Crippen LogP contribution is 2.25. The smallest absolute Gasteiger partial charge is 0.286 e. The van der Waals surface area contributed by atoms with E-state index < -0.39 is 0 Å². The van der Waals surface area contributed by atoms with Crippen LogP contribution in [-0.2, 0) is 11.3 Å². The zero-order valence-corrected chi connectivity index (χ0v) is 15.2. The van der Waals surface area contributed by atoms with E-state index in [9.17, 15) is 4.79 Å². The fourth-order valence-corrected chi connectivity index (χ4v) is 3.88. The molecule has 4 nitrogen and oxygen atoms in total. The first-order valence-corrected chi connectivity index (χ1v) is 8.89. The topological polar surface area (TPSA) is 43.6 Å². The Hall–Kier alpha value is -1.82. The predicted octanol–water partition coefficient (Wildman–Crippen LogP) is 4.54. The lowest BCUT2D eigenvalue weighted by molar-refractivity contribution is -0.120. The second-order valence-electron chi connectivity index (χ2n) is 4.96. The molecule has 0 unspecified atom stereocenters. The summed E-state index contributed by atoms with van der Waals surface area (Å²) in [5.74, 6) is 0.223. The second kappa shape index (κ2) is 7.38. The van der Waals surface area contributed by atoms with Crippen LogP contribution in [0.5, 0.6) is 5.75 Å². The summed E-state index contributed by atoms with van der Waals surface area (Å²) >= 11 is 13.5. The molecule has 1 heterocycles. The number of hydrogen-bond donors (Lipinski definition) is 0. The molecule has 0 saturated carbocycles. The number of halogens is 2. The molecule has 24 heavy (non-hydrogen) atoms. The Balaban J connectivity index is 1.85. The van der Waals surface area contributed by atoms with E-state index >= 15 is 0 Å². The van der Waals surface area contributed by atoms with Crippen molar-refractivity contribution in [3.8, 4) is 5.75 Å². The average molecular weight is 381 g/mol. The van der Waals surface area contributed by atoms with Gasteiger partial charge in [0.1, 0.15) is 5.75 Å². The van der Waals surface area contributed by atoms with Crippen molar-refractivity contribution >= 4 is 50.7 Å². The van der Waals surface area contributed by atoms with Crippen molar-refractivity contribution in [3.63, 3.8) is 0 Å². The number of nitrogens with zero attached hydrogens (tertiary/aromatic N) is 2. The first kappa shape index (κ1) is 17.0. The van der Waals surface area contributed by atoms with E-state index in [1.54, 1.807) is 24.3 Å². The number of aryl methyl sites for hydroxylation is 1. The van der Waals surface area contributed by atoms with Gasteiger partial charge in [-0.15, -0.1) is 0 Å². The van der Waals surface area contributed by atoms with Crippen molar-refractivity contribution in [1.29, 1.82) is 0 Å². The number of fused-ring (bicyclic) bond motifs is 1. The van der Waals surface area contributed by atoms with Crippen molar-refractivity contribution in [1.82, 2.24) is 4.57 Å². The van der Waals surface area contributed by atoms with Gasteiger partial charge >= 0.3 is 0 Å². The van der Waals surface area contributed by atoms with Crippen molar-refractivity contribution in [2.24, 2.45) is 4.99 Å². The molecule has 0 bridgehead atoms. The molecule has 1 aromatic heterocycles. The summed E-state index contributed by atoms with van der Waals surface area (Å²) in [7, 11) is 0. The molecule has 0 spiro atoms. The van der Waals surface area contributed by atoms with E-state index in [-0.39, 0.29) is 12.5 Å². The lowest BCUT2D eigenvalue weighted by Gasteiger charge is -2.03. The fourth-order valence-electron chi connectivity index (χ4n) is 2.28. The monoisotopic (exact) mass is 380 g/mol. The van der Waals surface area contributed by atoms with Gasteiger partial charge in [-0.1, -0.05) is 40.6 Å². The minimum absolute atomic E-state index is 0.132. The molecule has 0 aliphatic carbocycles. The highest BCUT2D eigenvalue weighted by atomic mass is 35.5. The van der Waals surface area contributed by atoms with Crippen molar-refractivity contribution in [2.45, 2.75) is 13.5 Å². The number of thiazole rings is 1. The van der Waals surface area contributed by atoms with Crippen LogP contribution >= 0.6 is 34.5 Å². The minimum Gasteiger partial charge on any atom is -0.484 e. The van der Waals surface area contributed by atoms with Crippen molar-refractivity contribution in [3.05, 3.63) is 57.3 Å². The molecule has 2 aromatic carbocycles. The third-order valence-electron chi connectivity index (χ3n) is 3.36. The third-order valence-corrected chi connectivity index (χ3v) is 4.96. The number of benzene rings is 2. The summed E-state index contributed by atoms with van der Waals surface area (Å²) < 4.78 is 8.36. The summed E-state index contributed by atoms with van der Waals surface area (Å²) in [4.78, 5) is 16.9. The Bertz CT molecular complexity index is 945. The number of amides is 1. The van der Waals surface area contributed by atoms with Gasteiger partial charge in [-0.25, -0.2) is 0 Å². The molecule has 1 amide bonds. The van der Waals surface area contributed by atoms with Crippen LogP contribution in [0.4, 0.5) is 0 Å². The zero-order valence-electron chi connectivity index (χ0n) is 12.8. The summed E-state index contributed by atoms with van der Waals surface area (Å²) in [6.45, 7) is 2.53. The normalized spacial score (nSPS) is 11.9. The Morgan fingerprint density at radius 1 is 1.21 bits per heavy atom. The number of carbonyl (C=O) groups excluding carboxylic acids is 1. The standard InChI is InChI=1S/C17H14Cl2N2O2S/c1-2-21-16-13(19)4-3-5-14(16)24-17(21)20-15(22)10-23-12-8-6-11(18)7-9-12/h3-9H,2,10H2,1H3. The largest absolute Gasteiger partial charge is 0.484 e. The molecule has 0 atom stereocenters. The van der Waals surface area contributed by atoms with Crippen LogP contribution < -0.4 is 9.54 Å². The summed E-state index contributed by atoms with van der Waals surface area (Å²) in [5.41, 5.74) is 0.900. The number of rotatable bonds is 4. The minimum atomic E-state index is -0.352. The maximum absolute atomic E-state index is 12.1. The van der Waals surface area contributed by atoms with Gasteiger partial charge in [-0.05, 0) is 43.3 Å². The first-order chi connectivity index (χ1) is 11.6. The second-order valence-corrected chi connectivity index (χ2v) is 6.82. The molecular formula is C17H14Cl2N2O2S. The van der Waals surface area contributed by atoms with Crippen LogP contribution in [0.25, 0.3) is 10.2 Å². The molecule has 0 saturated heterocycles. The summed E-state index contributed by atoms with van der Waals surface area (Å²) in [6.07, 6.45) is 0. The molecule has 0 aliphatic rings. The van der Waals surface area contributed by atoms with Gasteiger partial charge in [0.15, 0.2) is 11.4 Å². The van der Waals surface area contributed by atoms with Crippen molar-refractivity contribution < 1.29 is 9.53 Å². The van der Waals surface area contributed by atoms with Gasteiger partial charge in [0, 0.05) is 11.6 Å². The van der Waals surface area contributed by atoms with E-state index in [1.807, 2.05) is 29.7 Å².